The van der Waals surface area contributed by atoms with Crippen LogP contribution >= 0.6 is 11.3 Å². The van der Waals surface area contributed by atoms with Crippen molar-refractivity contribution in [1.29, 1.82) is 0 Å². The summed E-state index contributed by atoms with van der Waals surface area (Å²) in [5, 5.41) is 2.17. The van der Waals surface area contributed by atoms with E-state index in [0.29, 0.717) is 12.0 Å². The number of aryl methyl sites for hydroxylation is 1. The second-order valence-electron chi connectivity index (χ2n) is 5.32. The molecule has 0 spiro atoms. The summed E-state index contributed by atoms with van der Waals surface area (Å²) < 4.78 is 0. The lowest BCUT2D eigenvalue weighted by Crippen LogP contribution is -2.40. The minimum absolute atomic E-state index is 0.219. The van der Waals surface area contributed by atoms with Gasteiger partial charge in [0.1, 0.15) is 0 Å². The fraction of sp³-hybridized carbons (Fsp3) is 0.714. The first-order chi connectivity index (χ1) is 7.97. The Hall–Kier alpha value is -0.380. The van der Waals surface area contributed by atoms with Gasteiger partial charge >= 0.3 is 0 Å². The van der Waals surface area contributed by atoms with Crippen LogP contribution in [0, 0.1) is 12.8 Å². The zero-order valence-electron chi connectivity index (χ0n) is 11.7. The number of nitrogens with zero attached hydrogens (tertiary/aromatic N) is 1. The Kier molecular flexibility index (Phi) is 5.63. The summed E-state index contributed by atoms with van der Waals surface area (Å²) >= 11 is 1.84. The van der Waals surface area contributed by atoms with Gasteiger partial charge < -0.3 is 5.73 Å². The van der Waals surface area contributed by atoms with Crippen LogP contribution in [0.5, 0.6) is 0 Å². The van der Waals surface area contributed by atoms with Gasteiger partial charge in [-0.1, -0.05) is 20.8 Å². The van der Waals surface area contributed by atoms with E-state index >= 15 is 0 Å². The van der Waals surface area contributed by atoms with Crippen molar-refractivity contribution in [1.82, 2.24) is 4.90 Å². The second-order valence-corrected chi connectivity index (χ2v) is 6.27. The van der Waals surface area contributed by atoms with E-state index in [9.17, 15) is 0 Å². The summed E-state index contributed by atoms with van der Waals surface area (Å²) in [7, 11) is 2.19. The summed E-state index contributed by atoms with van der Waals surface area (Å²) in [5.74, 6) is 0.673. The molecule has 0 aromatic carbocycles. The Morgan fingerprint density at radius 3 is 2.47 bits per heavy atom. The Morgan fingerprint density at radius 1 is 1.41 bits per heavy atom. The molecule has 0 radical (unpaired) electrons. The maximum Gasteiger partial charge on any atom is 0.0593 e. The summed E-state index contributed by atoms with van der Waals surface area (Å²) in [6.45, 7) is 9.96. The largest absolute Gasteiger partial charge is 0.326 e. The zero-order valence-corrected chi connectivity index (χ0v) is 12.6. The molecule has 0 aliphatic heterocycles. The molecule has 3 heteroatoms. The van der Waals surface area contributed by atoms with Gasteiger partial charge in [-0.05, 0) is 43.3 Å². The van der Waals surface area contributed by atoms with E-state index in [1.165, 1.54) is 10.4 Å². The smallest absolute Gasteiger partial charge is 0.0593 e. The predicted molar refractivity (Wildman–Crippen MR) is 77.5 cm³/mol. The average molecular weight is 254 g/mol. The molecule has 2 atom stereocenters. The third kappa shape index (κ3) is 3.80. The summed E-state index contributed by atoms with van der Waals surface area (Å²) in [6.07, 6.45) is 1.02. The number of nitrogens with two attached hydrogens (primary N) is 1. The zero-order chi connectivity index (χ0) is 13.0. The van der Waals surface area contributed by atoms with Crippen LogP contribution in [0.15, 0.2) is 11.4 Å². The van der Waals surface area contributed by atoms with Crippen LogP contribution in [0.3, 0.4) is 0 Å². The first-order valence-corrected chi connectivity index (χ1v) is 7.35. The molecular formula is C14H26N2S. The fourth-order valence-corrected chi connectivity index (χ4v) is 3.49. The summed E-state index contributed by atoms with van der Waals surface area (Å²) in [4.78, 5) is 3.85. The van der Waals surface area contributed by atoms with Gasteiger partial charge in [0, 0.05) is 17.5 Å². The summed E-state index contributed by atoms with van der Waals surface area (Å²) in [5.41, 5.74) is 7.69. The highest BCUT2D eigenvalue weighted by Crippen LogP contribution is 2.31. The molecular weight excluding hydrogens is 228 g/mol. The first kappa shape index (κ1) is 14.7. The number of hydrogen-bond donors (Lipinski definition) is 1. The van der Waals surface area contributed by atoms with Crippen molar-refractivity contribution in [3.05, 3.63) is 21.9 Å². The van der Waals surface area contributed by atoms with E-state index in [-0.39, 0.29) is 6.04 Å². The highest BCUT2D eigenvalue weighted by Gasteiger charge is 2.25. The number of likely N-dealkylation sites (N-methyl/N-ethyl adjacent to an activating group) is 1. The van der Waals surface area contributed by atoms with E-state index in [0.717, 1.165) is 13.0 Å². The van der Waals surface area contributed by atoms with Crippen molar-refractivity contribution in [3.63, 3.8) is 0 Å². The lowest BCUT2D eigenvalue weighted by Gasteiger charge is -2.33. The van der Waals surface area contributed by atoms with Crippen molar-refractivity contribution >= 4 is 11.3 Å². The van der Waals surface area contributed by atoms with Crippen LogP contribution in [0.2, 0.25) is 0 Å². The van der Waals surface area contributed by atoms with Crippen LogP contribution < -0.4 is 5.73 Å². The molecule has 2 N–H and O–H groups in total. The maximum atomic E-state index is 6.32. The second kappa shape index (κ2) is 6.53. The molecule has 1 aromatic rings. The van der Waals surface area contributed by atoms with Crippen LogP contribution in [-0.2, 0) is 0 Å². The standard InChI is InChI=1S/C14H26N2S/c1-6-12(15)13(16(5)9-10(2)3)14-11(4)7-8-17-14/h7-8,10,12-13H,6,9,15H2,1-5H3. The molecule has 17 heavy (non-hydrogen) atoms. The van der Waals surface area contributed by atoms with Gasteiger partial charge in [-0.3, -0.25) is 4.90 Å². The molecule has 0 saturated heterocycles. The molecule has 0 aliphatic rings. The van der Waals surface area contributed by atoms with E-state index in [1.807, 2.05) is 11.3 Å². The highest BCUT2D eigenvalue weighted by molar-refractivity contribution is 7.10. The van der Waals surface area contributed by atoms with Crippen LogP contribution in [-0.4, -0.2) is 24.5 Å². The van der Waals surface area contributed by atoms with Gasteiger partial charge in [0.15, 0.2) is 0 Å². The minimum atomic E-state index is 0.219. The van der Waals surface area contributed by atoms with Gasteiger partial charge in [-0.2, -0.15) is 0 Å². The molecule has 1 rings (SSSR count). The van der Waals surface area contributed by atoms with Crippen LogP contribution in [0.4, 0.5) is 0 Å². The third-order valence-corrected chi connectivity index (χ3v) is 4.26. The number of rotatable bonds is 6. The molecule has 0 aliphatic carbocycles. The topological polar surface area (TPSA) is 29.3 Å². The van der Waals surface area contributed by atoms with Crippen LogP contribution in [0.1, 0.15) is 43.7 Å². The van der Waals surface area contributed by atoms with E-state index in [2.05, 4.69) is 51.1 Å². The molecule has 0 amide bonds. The van der Waals surface area contributed by atoms with Gasteiger partial charge in [0.2, 0.25) is 0 Å². The quantitative estimate of drug-likeness (QED) is 0.843. The maximum absolute atomic E-state index is 6.32. The molecule has 1 heterocycles. The Morgan fingerprint density at radius 2 is 2.06 bits per heavy atom. The van der Waals surface area contributed by atoms with Crippen molar-refractivity contribution < 1.29 is 0 Å². The molecule has 0 saturated carbocycles. The molecule has 0 fully saturated rings. The first-order valence-electron chi connectivity index (χ1n) is 6.47. The van der Waals surface area contributed by atoms with Gasteiger partial charge in [-0.15, -0.1) is 11.3 Å². The van der Waals surface area contributed by atoms with Crippen molar-refractivity contribution in [2.75, 3.05) is 13.6 Å². The van der Waals surface area contributed by atoms with E-state index in [1.54, 1.807) is 0 Å². The van der Waals surface area contributed by atoms with Crippen molar-refractivity contribution in [3.8, 4) is 0 Å². The minimum Gasteiger partial charge on any atom is -0.326 e. The van der Waals surface area contributed by atoms with Gasteiger partial charge in [0.25, 0.3) is 0 Å². The Bertz CT molecular complexity index is 333. The molecule has 2 nitrogen and oxygen atoms in total. The molecule has 0 bridgehead atoms. The monoisotopic (exact) mass is 254 g/mol. The van der Waals surface area contributed by atoms with E-state index in [4.69, 9.17) is 5.73 Å². The Balaban J connectivity index is 2.92. The lowest BCUT2D eigenvalue weighted by atomic mass is 10.00. The number of hydrogen-bond acceptors (Lipinski definition) is 3. The predicted octanol–water partition coefficient (Wildman–Crippen LogP) is 3.42. The molecule has 1 aromatic heterocycles. The number of thiophene rings is 1. The average Bonchev–Trinajstić information content (AvgIpc) is 2.64. The van der Waals surface area contributed by atoms with Crippen molar-refractivity contribution in [2.45, 2.75) is 46.2 Å². The fourth-order valence-electron chi connectivity index (χ4n) is 2.32. The summed E-state index contributed by atoms with van der Waals surface area (Å²) in [6, 6.07) is 2.77. The van der Waals surface area contributed by atoms with Crippen LogP contribution in [0.25, 0.3) is 0 Å². The SMILES string of the molecule is CCC(N)C(c1sccc1C)N(C)CC(C)C. The normalized spacial score (nSPS) is 15.5. The van der Waals surface area contributed by atoms with E-state index < -0.39 is 0 Å². The van der Waals surface area contributed by atoms with Crippen molar-refractivity contribution in [2.24, 2.45) is 11.7 Å². The Labute approximate surface area is 110 Å². The third-order valence-electron chi connectivity index (χ3n) is 3.18. The van der Waals surface area contributed by atoms with Gasteiger partial charge in [-0.25, -0.2) is 0 Å². The lowest BCUT2D eigenvalue weighted by molar-refractivity contribution is 0.191. The molecule has 98 valence electrons. The highest BCUT2D eigenvalue weighted by atomic mass is 32.1. The molecule has 2 unspecified atom stereocenters. The van der Waals surface area contributed by atoms with Gasteiger partial charge in [0.05, 0.1) is 6.04 Å².